The summed E-state index contributed by atoms with van der Waals surface area (Å²) in [6.07, 6.45) is 3.79. The molecule has 2 aromatic rings. The van der Waals surface area contributed by atoms with Crippen LogP contribution in [0, 0.1) is 6.92 Å². The highest BCUT2D eigenvalue weighted by Gasteiger charge is 2.22. The number of carbonyl (C=O) groups is 2. The van der Waals surface area contributed by atoms with Crippen LogP contribution in [0.15, 0.2) is 48.8 Å². The van der Waals surface area contributed by atoms with E-state index in [-0.39, 0.29) is 11.8 Å². The normalized spacial score (nSPS) is 14.1. The monoisotopic (exact) mass is 380 g/mol. The van der Waals surface area contributed by atoms with Crippen LogP contribution in [0.5, 0.6) is 0 Å². The molecule has 0 spiro atoms. The van der Waals surface area contributed by atoms with Gasteiger partial charge in [-0.2, -0.15) is 0 Å². The van der Waals surface area contributed by atoms with Gasteiger partial charge in [-0.15, -0.1) is 0 Å². The van der Waals surface area contributed by atoms with Crippen LogP contribution in [0.3, 0.4) is 0 Å². The van der Waals surface area contributed by atoms with Crippen LogP contribution in [0.2, 0.25) is 0 Å². The summed E-state index contributed by atoms with van der Waals surface area (Å²) in [5.74, 6) is 0.0961. The van der Waals surface area contributed by atoms with E-state index in [1.807, 2.05) is 17.0 Å². The minimum atomic E-state index is -0.0196. The molecular formula is C22H28N4O2. The van der Waals surface area contributed by atoms with Crippen LogP contribution in [-0.2, 0) is 16.1 Å². The van der Waals surface area contributed by atoms with Crippen LogP contribution >= 0.6 is 0 Å². The third-order valence-electron chi connectivity index (χ3n) is 5.16. The van der Waals surface area contributed by atoms with Crippen molar-refractivity contribution < 1.29 is 9.59 Å². The minimum Gasteiger partial charge on any atom is -0.368 e. The number of anilines is 1. The van der Waals surface area contributed by atoms with Crippen LogP contribution < -0.4 is 4.90 Å². The number of hydrogen-bond donors (Lipinski definition) is 0. The predicted molar refractivity (Wildman–Crippen MR) is 110 cm³/mol. The third kappa shape index (κ3) is 5.31. The number of hydrogen-bond acceptors (Lipinski definition) is 4. The van der Waals surface area contributed by atoms with Crippen molar-refractivity contribution in [3.05, 3.63) is 59.9 Å². The highest BCUT2D eigenvalue weighted by atomic mass is 16.2. The van der Waals surface area contributed by atoms with Gasteiger partial charge in [0, 0.05) is 70.7 Å². The summed E-state index contributed by atoms with van der Waals surface area (Å²) >= 11 is 0. The molecule has 6 nitrogen and oxygen atoms in total. The Morgan fingerprint density at radius 1 is 1.07 bits per heavy atom. The molecule has 3 rings (SSSR count). The van der Waals surface area contributed by atoms with E-state index >= 15 is 0 Å². The molecular weight excluding hydrogens is 352 g/mol. The summed E-state index contributed by atoms with van der Waals surface area (Å²) in [5, 5.41) is 0. The van der Waals surface area contributed by atoms with Gasteiger partial charge in [0.25, 0.3) is 0 Å². The maximum Gasteiger partial charge on any atom is 0.224 e. The van der Waals surface area contributed by atoms with Crippen molar-refractivity contribution in [2.24, 2.45) is 0 Å². The van der Waals surface area contributed by atoms with E-state index in [9.17, 15) is 9.59 Å². The quantitative estimate of drug-likeness (QED) is 0.773. The lowest BCUT2D eigenvalue weighted by Gasteiger charge is -2.36. The van der Waals surface area contributed by atoms with E-state index in [1.165, 1.54) is 11.3 Å². The van der Waals surface area contributed by atoms with Gasteiger partial charge in [0.05, 0.1) is 0 Å². The summed E-state index contributed by atoms with van der Waals surface area (Å²) in [6, 6.07) is 12.2. The number of benzene rings is 1. The number of pyridine rings is 1. The summed E-state index contributed by atoms with van der Waals surface area (Å²) in [7, 11) is 0. The zero-order chi connectivity index (χ0) is 19.9. The molecule has 0 aliphatic carbocycles. The second kappa shape index (κ2) is 9.35. The zero-order valence-electron chi connectivity index (χ0n) is 16.7. The molecule has 1 fully saturated rings. The van der Waals surface area contributed by atoms with E-state index in [0.717, 1.165) is 31.7 Å². The van der Waals surface area contributed by atoms with Gasteiger partial charge in [-0.3, -0.25) is 14.6 Å². The van der Waals surface area contributed by atoms with Gasteiger partial charge >= 0.3 is 0 Å². The maximum absolute atomic E-state index is 12.6. The molecule has 6 heteroatoms. The summed E-state index contributed by atoms with van der Waals surface area (Å²) in [6.45, 7) is 7.70. The molecule has 0 saturated carbocycles. The Balaban J connectivity index is 1.49. The largest absolute Gasteiger partial charge is 0.368 e. The molecule has 28 heavy (non-hydrogen) atoms. The first-order valence-electron chi connectivity index (χ1n) is 9.77. The lowest BCUT2D eigenvalue weighted by atomic mass is 10.2. The summed E-state index contributed by atoms with van der Waals surface area (Å²) in [5.41, 5.74) is 3.48. The van der Waals surface area contributed by atoms with Gasteiger partial charge < -0.3 is 14.7 Å². The van der Waals surface area contributed by atoms with Crippen molar-refractivity contribution in [1.29, 1.82) is 0 Å². The van der Waals surface area contributed by atoms with Crippen LogP contribution in [0.25, 0.3) is 0 Å². The fourth-order valence-electron chi connectivity index (χ4n) is 3.48. The lowest BCUT2D eigenvalue weighted by molar-refractivity contribution is -0.134. The highest BCUT2D eigenvalue weighted by molar-refractivity contribution is 5.78. The number of carbonyl (C=O) groups excluding carboxylic acids is 2. The molecule has 0 radical (unpaired) electrons. The van der Waals surface area contributed by atoms with E-state index in [4.69, 9.17) is 0 Å². The first kappa shape index (κ1) is 19.9. The topological polar surface area (TPSA) is 56.8 Å². The maximum atomic E-state index is 12.6. The van der Waals surface area contributed by atoms with Gasteiger partial charge in [-0.25, -0.2) is 0 Å². The fourth-order valence-corrected chi connectivity index (χ4v) is 3.48. The highest BCUT2D eigenvalue weighted by Crippen LogP contribution is 2.18. The molecule has 0 N–H and O–H groups in total. The smallest absolute Gasteiger partial charge is 0.224 e. The predicted octanol–water partition coefficient (Wildman–Crippen LogP) is 2.48. The standard InChI is InChI=1S/C22H28N4O2/c1-18-4-3-5-21(16-18)24-12-14-25(15-13-24)22(28)8-11-26(19(2)27)17-20-6-9-23-10-7-20/h3-7,9-10,16H,8,11-15,17H2,1-2H3. The van der Waals surface area contributed by atoms with Crippen molar-refractivity contribution in [1.82, 2.24) is 14.8 Å². The molecule has 1 aliphatic rings. The number of piperazine rings is 1. The Labute approximate surface area is 166 Å². The van der Waals surface area contributed by atoms with Crippen LogP contribution in [0.4, 0.5) is 5.69 Å². The van der Waals surface area contributed by atoms with E-state index in [0.29, 0.717) is 19.5 Å². The van der Waals surface area contributed by atoms with Crippen molar-refractivity contribution in [3.63, 3.8) is 0 Å². The van der Waals surface area contributed by atoms with E-state index < -0.39 is 0 Å². The fraction of sp³-hybridized carbons (Fsp3) is 0.409. The number of aromatic nitrogens is 1. The molecule has 148 valence electrons. The molecule has 1 aromatic carbocycles. The Hall–Kier alpha value is -2.89. The molecule has 1 saturated heterocycles. The minimum absolute atomic E-state index is 0.0196. The number of amides is 2. The van der Waals surface area contributed by atoms with Crippen LogP contribution in [0.1, 0.15) is 24.5 Å². The third-order valence-corrected chi connectivity index (χ3v) is 5.16. The van der Waals surface area contributed by atoms with Gasteiger partial charge in [0.15, 0.2) is 0 Å². The Morgan fingerprint density at radius 2 is 1.79 bits per heavy atom. The summed E-state index contributed by atoms with van der Waals surface area (Å²) < 4.78 is 0. The zero-order valence-corrected chi connectivity index (χ0v) is 16.7. The second-order valence-corrected chi connectivity index (χ2v) is 7.25. The molecule has 0 bridgehead atoms. The van der Waals surface area contributed by atoms with E-state index in [1.54, 1.807) is 24.2 Å². The van der Waals surface area contributed by atoms with Crippen molar-refractivity contribution in [3.8, 4) is 0 Å². The van der Waals surface area contributed by atoms with Gasteiger partial charge in [0.1, 0.15) is 0 Å². The first-order chi connectivity index (χ1) is 13.5. The average Bonchev–Trinajstić information content (AvgIpc) is 2.71. The van der Waals surface area contributed by atoms with Gasteiger partial charge in [-0.05, 0) is 42.3 Å². The second-order valence-electron chi connectivity index (χ2n) is 7.25. The van der Waals surface area contributed by atoms with Crippen molar-refractivity contribution in [2.75, 3.05) is 37.6 Å². The molecule has 1 aromatic heterocycles. The number of rotatable bonds is 6. The van der Waals surface area contributed by atoms with E-state index in [2.05, 4.69) is 41.1 Å². The molecule has 0 unspecified atom stereocenters. The number of nitrogens with zero attached hydrogens (tertiary/aromatic N) is 4. The molecule has 0 atom stereocenters. The lowest BCUT2D eigenvalue weighted by Crippen LogP contribution is -2.49. The van der Waals surface area contributed by atoms with Crippen molar-refractivity contribution in [2.45, 2.75) is 26.8 Å². The number of aryl methyl sites for hydroxylation is 1. The van der Waals surface area contributed by atoms with Crippen molar-refractivity contribution >= 4 is 17.5 Å². The van der Waals surface area contributed by atoms with Crippen LogP contribution in [-0.4, -0.2) is 59.3 Å². The average molecular weight is 380 g/mol. The Bertz CT molecular complexity index is 801. The Morgan fingerprint density at radius 3 is 2.43 bits per heavy atom. The molecule has 1 aliphatic heterocycles. The van der Waals surface area contributed by atoms with Gasteiger partial charge in [-0.1, -0.05) is 12.1 Å². The molecule has 2 heterocycles. The SMILES string of the molecule is CC(=O)N(CCC(=O)N1CCN(c2cccc(C)c2)CC1)Cc1ccncc1. The Kier molecular flexibility index (Phi) is 6.63. The first-order valence-corrected chi connectivity index (χ1v) is 9.77. The summed E-state index contributed by atoms with van der Waals surface area (Å²) in [4.78, 5) is 34.5. The molecule has 2 amide bonds. The van der Waals surface area contributed by atoms with Gasteiger partial charge in [0.2, 0.25) is 11.8 Å².